The second-order valence-corrected chi connectivity index (χ2v) is 1.87. The average molecular weight is 97.0 g/mol. The zero-order valence-corrected chi connectivity index (χ0v) is 5.41. The van der Waals surface area contributed by atoms with Crippen LogP contribution in [0.3, 0.4) is 0 Å². The Kier molecular flexibility index (Phi) is 6.12. The third kappa shape index (κ3) is 6.06. The monoisotopic (exact) mass is 97.1 g/mol. The summed E-state index contributed by atoms with van der Waals surface area (Å²) in [6, 6.07) is 0. The molecule has 0 unspecified atom stereocenters. The van der Waals surface area contributed by atoms with Gasteiger partial charge in [-0.1, -0.05) is 39.3 Å². The Morgan fingerprint density at radius 1 is 1.00 bits per heavy atom. The van der Waals surface area contributed by atoms with Crippen molar-refractivity contribution in [3.63, 3.8) is 0 Å². The first-order valence-electron chi connectivity index (χ1n) is 3.23. The lowest BCUT2D eigenvalue weighted by molar-refractivity contribution is 1.02. The van der Waals surface area contributed by atoms with Gasteiger partial charge in [-0.2, -0.15) is 0 Å². The zero-order chi connectivity index (χ0) is 5.54. The summed E-state index contributed by atoms with van der Waals surface area (Å²) < 4.78 is 0. The van der Waals surface area contributed by atoms with Crippen molar-refractivity contribution in [1.82, 2.24) is 0 Å². The van der Waals surface area contributed by atoms with Crippen LogP contribution in [-0.4, -0.2) is 7.28 Å². The molecule has 41 valence electrons. The van der Waals surface area contributed by atoms with Crippen molar-refractivity contribution in [2.75, 3.05) is 0 Å². The largest absolute Gasteiger partial charge is 0.109 e. The van der Waals surface area contributed by atoms with Gasteiger partial charge in [0.05, 0.1) is 0 Å². The molecular weight excluding hydrogens is 82.9 g/mol. The predicted octanol–water partition coefficient (Wildman–Crippen LogP) is 2.35. The molecule has 0 saturated carbocycles. The second kappa shape index (κ2) is 6.06. The maximum atomic E-state index is 2.36. The lowest BCUT2D eigenvalue weighted by Crippen LogP contribution is -1.84. The average Bonchev–Trinajstić information content (AvgIpc) is 1.69. The normalized spacial score (nSPS) is 8.86. The van der Waals surface area contributed by atoms with Crippen LogP contribution in [0.2, 0.25) is 12.6 Å². The third-order valence-corrected chi connectivity index (χ3v) is 0.986. The smallest absolute Gasteiger partial charge is 0.0806 e. The quantitative estimate of drug-likeness (QED) is 0.373. The minimum Gasteiger partial charge on any atom is -0.0806 e. The highest BCUT2D eigenvalue weighted by molar-refractivity contribution is 6.35. The first kappa shape index (κ1) is 7.06. The summed E-state index contributed by atoms with van der Waals surface area (Å²) in [5.41, 5.74) is 0. The van der Waals surface area contributed by atoms with Crippen molar-refractivity contribution >= 4 is 7.28 Å². The third-order valence-electron chi connectivity index (χ3n) is 0.986. The lowest BCUT2D eigenvalue weighted by atomic mass is 9.69. The lowest BCUT2D eigenvalue weighted by Gasteiger charge is -1.88. The van der Waals surface area contributed by atoms with Gasteiger partial charge in [0.1, 0.15) is 7.28 Å². The summed E-state index contributed by atoms with van der Waals surface area (Å²) in [4.78, 5) is 0. The molecule has 0 aliphatic carbocycles. The minimum atomic E-state index is 1.30. The van der Waals surface area contributed by atoms with Crippen molar-refractivity contribution in [1.29, 1.82) is 0 Å². The van der Waals surface area contributed by atoms with Gasteiger partial charge >= 0.3 is 0 Å². The Morgan fingerprint density at radius 2 is 1.43 bits per heavy atom. The van der Waals surface area contributed by atoms with Crippen LogP contribution in [0, 0.1) is 0 Å². The van der Waals surface area contributed by atoms with E-state index in [1.54, 1.807) is 0 Å². The molecule has 0 aromatic carbocycles. The summed E-state index contributed by atoms with van der Waals surface area (Å²) in [7, 11) is 2.36. The van der Waals surface area contributed by atoms with Crippen LogP contribution in [0.1, 0.15) is 26.7 Å². The van der Waals surface area contributed by atoms with Crippen molar-refractivity contribution in [2.45, 2.75) is 39.3 Å². The molecule has 1 heteroatoms. The Labute approximate surface area is 47.6 Å². The number of rotatable bonds is 4. The van der Waals surface area contributed by atoms with Gasteiger partial charge in [0.15, 0.2) is 0 Å². The van der Waals surface area contributed by atoms with Gasteiger partial charge in [0.2, 0.25) is 0 Å². The summed E-state index contributed by atoms with van der Waals surface area (Å²) in [6.45, 7) is 4.43. The molecule has 0 bridgehead atoms. The molecule has 0 aromatic rings. The summed E-state index contributed by atoms with van der Waals surface area (Å²) >= 11 is 0. The Balaban J connectivity index is 2.45. The van der Waals surface area contributed by atoms with E-state index in [2.05, 4.69) is 21.1 Å². The van der Waals surface area contributed by atoms with Crippen LogP contribution in [0.4, 0.5) is 0 Å². The van der Waals surface area contributed by atoms with E-state index in [1.807, 2.05) is 0 Å². The minimum absolute atomic E-state index is 1.30. The van der Waals surface area contributed by atoms with Crippen LogP contribution in [0.15, 0.2) is 0 Å². The molecule has 0 saturated heterocycles. The molecule has 0 fully saturated rings. The molecular formula is C6H14B. The summed E-state index contributed by atoms with van der Waals surface area (Å²) in [6.07, 6.45) is 5.21. The first-order valence-corrected chi connectivity index (χ1v) is 3.23. The Hall–Kier alpha value is 0.0649. The SMILES string of the molecule is CCC[B]CCC. The number of hydrogen-bond acceptors (Lipinski definition) is 0. The molecule has 0 rings (SSSR count). The Bertz CT molecular complexity index is 23.4. The van der Waals surface area contributed by atoms with Gasteiger partial charge < -0.3 is 0 Å². The first-order chi connectivity index (χ1) is 3.41. The molecule has 0 N–H and O–H groups in total. The van der Waals surface area contributed by atoms with Crippen LogP contribution in [0.25, 0.3) is 0 Å². The van der Waals surface area contributed by atoms with Gasteiger partial charge in [-0.15, -0.1) is 0 Å². The highest BCUT2D eigenvalue weighted by atomic mass is 13.7. The van der Waals surface area contributed by atoms with Crippen LogP contribution < -0.4 is 0 Å². The summed E-state index contributed by atoms with van der Waals surface area (Å²) in [5.74, 6) is 0. The number of hydrogen-bond donors (Lipinski definition) is 0. The highest BCUT2D eigenvalue weighted by Crippen LogP contribution is 1.92. The van der Waals surface area contributed by atoms with Crippen molar-refractivity contribution in [3.05, 3.63) is 0 Å². The maximum absolute atomic E-state index is 2.36. The van der Waals surface area contributed by atoms with Crippen LogP contribution in [0.5, 0.6) is 0 Å². The molecule has 0 aromatic heterocycles. The molecule has 7 heavy (non-hydrogen) atoms. The van der Waals surface area contributed by atoms with Crippen LogP contribution in [-0.2, 0) is 0 Å². The molecule has 1 radical (unpaired) electrons. The zero-order valence-electron chi connectivity index (χ0n) is 5.41. The van der Waals surface area contributed by atoms with E-state index in [0.717, 1.165) is 0 Å². The predicted molar refractivity (Wildman–Crippen MR) is 35.9 cm³/mol. The van der Waals surface area contributed by atoms with Gasteiger partial charge in [-0.3, -0.25) is 0 Å². The molecule has 0 heterocycles. The van der Waals surface area contributed by atoms with E-state index in [4.69, 9.17) is 0 Å². The molecule has 0 aliphatic rings. The molecule has 0 spiro atoms. The van der Waals surface area contributed by atoms with Crippen LogP contribution >= 0.6 is 0 Å². The van der Waals surface area contributed by atoms with Crippen molar-refractivity contribution in [2.24, 2.45) is 0 Å². The molecule has 0 aliphatic heterocycles. The fourth-order valence-electron chi connectivity index (χ4n) is 0.553. The molecule has 0 nitrogen and oxygen atoms in total. The maximum Gasteiger partial charge on any atom is 0.109 e. The second-order valence-electron chi connectivity index (χ2n) is 1.87. The van der Waals surface area contributed by atoms with Gasteiger partial charge in [0, 0.05) is 0 Å². The molecule has 0 atom stereocenters. The van der Waals surface area contributed by atoms with E-state index in [1.165, 1.54) is 25.5 Å². The molecule has 0 amide bonds. The van der Waals surface area contributed by atoms with Crippen molar-refractivity contribution in [3.8, 4) is 0 Å². The van der Waals surface area contributed by atoms with Crippen molar-refractivity contribution < 1.29 is 0 Å². The standard InChI is InChI=1S/C6H14B/c1-3-5-7-6-4-2/h3-6H2,1-2H3. The van der Waals surface area contributed by atoms with E-state index in [-0.39, 0.29) is 0 Å². The topological polar surface area (TPSA) is 0 Å². The van der Waals surface area contributed by atoms with E-state index < -0.39 is 0 Å². The van der Waals surface area contributed by atoms with Gasteiger partial charge in [0.25, 0.3) is 0 Å². The summed E-state index contributed by atoms with van der Waals surface area (Å²) in [5, 5.41) is 0. The van der Waals surface area contributed by atoms with Gasteiger partial charge in [-0.25, -0.2) is 0 Å². The van der Waals surface area contributed by atoms with Gasteiger partial charge in [-0.05, 0) is 0 Å². The van der Waals surface area contributed by atoms with E-state index in [9.17, 15) is 0 Å². The van der Waals surface area contributed by atoms with E-state index in [0.29, 0.717) is 0 Å². The fourth-order valence-corrected chi connectivity index (χ4v) is 0.553. The fraction of sp³-hybridized carbons (Fsp3) is 1.00. The Morgan fingerprint density at radius 3 is 1.71 bits per heavy atom. The van der Waals surface area contributed by atoms with E-state index >= 15 is 0 Å². The highest BCUT2D eigenvalue weighted by Gasteiger charge is 1.83.